The average molecular weight is 371 g/mol. The lowest BCUT2D eigenvalue weighted by Crippen LogP contribution is -2.49. The summed E-state index contributed by atoms with van der Waals surface area (Å²) in [5.74, 6) is -0.539. The molecule has 1 aromatic carbocycles. The van der Waals surface area contributed by atoms with Gasteiger partial charge >= 0.3 is 0 Å². The van der Waals surface area contributed by atoms with Gasteiger partial charge in [0.15, 0.2) is 0 Å². The van der Waals surface area contributed by atoms with E-state index in [9.17, 15) is 14.4 Å². The van der Waals surface area contributed by atoms with Gasteiger partial charge in [-0.05, 0) is 42.7 Å². The Morgan fingerprint density at radius 1 is 1.15 bits per heavy atom. The normalized spacial score (nSPS) is 17.0. The fourth-order valence-corrected chi connectivity index (χ4v) is 4.02. The monoisotopic (exact) mass is 371 g/mol. The molecule has 1 atom stereocenters. The van der Waals surface area contributed by atoms with E-state index in [0.29, 0.717) is 23.5 Å². The molecule has 2 aromatic rings. The van der Waals surface area contributed by atoms with Crippen molar-refractivity contribution in [1.82, 2.24) is 10.2 Å². The Bertz CT molecular complexity index is 829. The molecule has 1 aromatic heterocycles. The van der Waals surface area contributed by atoms with Crippen LogP contribution in [0.5, 0.6) is 0 Å². The van der Waals surface area contributed by atoms with Gasteiger partial charge in [-0.2, -0.15) is 0 Å². The van der Waals surface area contributed by atoms with Crippen LogP contribution >= 0.6 is 11.3 Å². The molecule has 1 aliphatic heterocycles. The van der Waals surface area contributed by atoms with Gasteiger partial charge in [-0.25, -0.2) is 0 Å². The van der Waals surface area contributed by atoms with Gasteiger partial charge < -0.3 is 16.0 Å². The smallest absolute Gasteiger partial charge is 0.258 e. The Hall–Kier alpha value is -2.67. The first-order valence-corrected chi connectivity index (χ1v) is 9.32. The van der Waals surface area contributed by atoms with Crippen LogP contribution in [-0.4, -0.2) is 41.8 Å². The van der Waals surface area contributed by atoms with Gasteiger partial charge in [-0.15, -0.1) is 11.3 Å². The molecule has 6 nitrogen and oxygen atoms in total. The first-order chi connectivity index (χ1) is 12.4. The lowest BCUT2D eigenvalue weighted by atomic mass is 10.0. The molecule has 3 N–H and O–H groups in total. The molecule has 3 rings (SSSR count). The lowest BCUT2D eigenvalue weighted by Gasteiger charge is -2.33. The van der Waals surface area contributed by atoms with Gasteiger partial charge in [0.1, 0.15) is 0 Å². The number of hydrogen-bond donors (Lipinski definition) is 2. The molecule has 1 fully saturated rings. The molecule has 0 radical (unpaired) electrons. The number of nitrogens with two attached hydrogens (primary N) is 1. The Balaban J connectivity index is 1.70. The highest BCUT2D eigenvalue weighted by Gasteiger charge is 2.24. The minimum absolute atomic E-state index is 0.0165. The molecule has 7 heteroatoms. The predicted octanol–water partition coefficient (Wildman–Crippen LogP) is 2.25. The van der Waals surface area contributed by atoms with Crippen LogP contribution in [0.2, 0.25) is 0 Å². The van der Waals surface area contributed by atoms with Crippen LogP contribution in [0.15, 0.2) is 36.4 Å². The number of piperidine rings is 1. The number of hydrogen-bond acceptors (Lipinski definition) is 4. The third kappa shape index (κ3) is 4.11. The molecular weight excluding hydrogens is 350 g/mol. The third-order valence-electron chi connectivity index (χ3n) is 4.38. The summed E-state index contributed by atoms with van der Waals surface area (Å²) in [6, 6.07) is 10.9. The number of amides is 3. The van der Waals surface area contributed by atoms with E-state index < -0.39 is 5.91 Å². The highest BCUT2D eigenvalue weighted by Crippen LogP contribution is 2.28. The van der Waals surface area contributed by atoms with Crippen molar-refractivity contribution in [2.75, 3.05) is 13.1 Å². The summed E-state index contributed by atoms with van der Waals surface area (Å²) < 4.78 is 0. The minimum Gasteiger partial charge on any atom is -0.365 e. The van der Waals surface area contributed by atoms with Crippen molar-refractivity contribution in [3.8, 4) is 10.4 Å². The number of likely N-dealkylation sites (tertiary alicyclic amines) is 1. The number of primary amides is 1. The second-order valence-electron chi connectivity index (χ2n) is 6.40. The Kier molecular flexibility index (Phi) is 5.37. The van der Waals surface area contributed by atoms with Crippen molar-refractivity contribution in [2.24, 2.45) is 5.73 Å². The molecule has 1 aliphatic rings. The topological polar surface area (TPSA) is 92.5 Å². The molecule has 0 aliphatic carbocycles. The van der Waals surface area contributed by atoms with Crippen LogP contribution in [0.1, 0.15) is 39.8 Å². The Morgan fingerprint density at radius 3 is 2.50 bits per heavy atom. The van der Waals surface area contributed by atoms with Crippen LogP contribution in [-0.2, 0) is 4.79 Å². The van der Waals surface area contributed by atoms with Gasteiger partial charge in [0.05, 0.1) is 4.88 Å². The van der Waals surface area contributed by atoms with Crippen molar-refractivity contribution >= 4 is 29.1 Å². The lowest BCUT2D eigenvalue weighted by molar-refractivity contribution is -0.120. The zero-order valence-electron chi connectivity index (χ0n) is 14.5. The predicted molar refractivity (Wildman–Crippen MR) is 101 cm³/mol. The number of nitrogens with zero attached hydrogens (tertiary/aromatic N) is 1. The minimum atomic E-state index is -0.438. The van der Waals surface area contributed by atoms with E-state index in [4.69, 9.17) is 5.73 Å². The van der Waals surface area contributed by atoms with E-state index in [0.717, 1.165) is 23.3 Å². The average Bonchev–Trinajstić information content (AvgIpc) is 3.11. The van der Waals surface area contributed by atoms with Crippen molar-refractivity contribution in [2.45, 2.75) is 25.8 Å². The number of thiophene rings is 1. The zero-order chi connectivity index (χ0) is 18.7. The van der Waals surface area contributed by atoms with Crippen LogP contribution in [0, 0.1) is 0 Å². The van der Waals surface area contributed by atoms with E-state index in [2.05, 4.69) is 5.32 Å². The summed E-state index contributed by atoms with van der Waals surface area (Å²) in [6.07, 6.45) is 1.77. The van der Waals surface area contributed by atoms with Crippen LogP contribution in [0.25, 0.3) is 10.4 Å². The standard InChI is InChI=1S/C19H21N3O3S/c1-12(23)21-15-3-2-10-22(11-15)19(25)14-6-4-13(5-7-14)16-8-9-17(26-16)18(20)24/h4-9,15H,2-3,10-11H2,1H3,(H2,20,24)(H,21,23)/t15-/m1/s1. The number of carbonyl (C=O) groups excluding carboxylic acids is 3. The molecule has 0 saturated carbocycles. The van der Waals surface area contributed by atoms with E-state index in [1.165, 1.54) is 18.3 Å². The Labute approximate surface area is 156 Å². The van der Waals surface area contributed by atoms with E-state index in [1.807, 2.05) is 18.2 Å². The SMILES string of the molecule is CC(=O)N[C@@H]1CCCN(C(=O)c2ccc(-c3ccc(C(N)=O)s3)cc2)C1. The van der Waals surface area contributed by atoms with Gasteiger partial charge in [-0.1, -0.05) is 12.1 Å². The zero-order valence-corrected chi connectivity index (χ0v) is 15.3. The molecule has 1 saturated heterocycles. The van der Waals surface area contributed by atoms with Crippen molar-refractivity contribution in [3.05, 3.63) is 46.8 Å². The maximum atomic E-state index is 12.7. The first kappa shape index (κ1) is 18.1. The van der Waals surface area contributed by atoms with E-state index in [-0.39, 0.29) is 17.9 Å². The summed E-state index contributed by atoms with van der Waals surface area (Å²) in [5.41, 5.74) is 6.84. The molecule has 0 spiro atoms. The molecule has 136 valence electrons. The maximum absolute atomic E-state index is 12.7. The second-order valence-corrected chi connectivity index (χ2v) is 7.48. The van der Waals surface area contributed by atoms with Gasteiger partial charge in [0, 0.05) is 36.5 Å². The summed E-state index contributed by atoms with van der Waals surface area (Å²) >= 11 is 1.33. The number of carbonyl (C=O) groups is 3. The largest absolute Gasteiger partial charge is 0.365 e. The molecule has 0 unspecified atom stereocenters. The van der Waals surface area contributed by atoms with Crippen molar-refractivity contribution < 1.29 is 14.4 Å². The van der Waals surface area contributed by atoms with Gasteiger partial charge in [-0.3, -0.25) is 14.4 Å². The molecule has 2 heterocycles. The van der Waals surface area contributed by atoms with Crippen LogP contribution in [0.4, 0.5) is 0 Å². The van der Waals surface area contributed by atoms with Crippen molar-refractivity contribution in [3.63, 3.8) is 0 Å². The molecule has 26 heavy (non-hydrogen) atoms. The Morgan fingerprint density at radius 2 is 1.88 bits per heavy atom. The first-order valence-electron chi connectivity index (χ1n) is 8.50. The number of benzene rings is 1. The van der Waals surface area contributed by atoms with Crippen LogP contribution in [0.3, 0.4) is 0 Å². The summed E-state index contributed by atoms with van der Waals surface area (Å²) in [5, 5.41) is 2.89. The summed E-state index contributed by atoms with van der Waals surface area (Å²) in [6.45, 7) is 2.73. The molecule has 3 amide bonds. The number of rotatable bonds is 4. The van der Waals surface area contributed by atoms with E-state index in [1.54, 1.807) is 23.1 Å². The van der Waals surface area contributed by atoms with Crippen LogP contribution < -0.4 is 11.1 Å². The third-order valence-corrected chi connectivity index (χ3v) is 5.53. The highest BCUT2D eigenvalue weighted by atomic mass is 32.1. The quantitative estimate of drug-likeness (QED) is 0.863. The fourth-order valence-electron chi connectivity index (χ4n) is 3.15. The second kappa shape index (κ2) is 7.70. The molecular formula is C19H21N3O3S. The van der Waals surface area contributed by atoms with Crippen molar-refractivity contribution in [1.29, 1.82) is 0 Å². The maximum Gasteiger partial charge on any atom is 0.258 e. The van der Waals surface area contributed by atoms with Gasteiger partial charge in [0.2, 0.25) is 5.91 Å². The highest BCUT2D eigenvalue weighted by molar-refractivity contribution is 7.17. The number of nitrogens with one attached hydrogen (secondary N) is 1. The fraction of sp³-hybridized carbons (Fsp3) is 0.316. The molecule has 0 bridgehead atoms. The van der Waals surface area contributed by atoms with E-state index >= 15 is 0 Å². The summed E-state index contributed by atoms with van der Waals surface area (Å²) in [7, 11) is 0. The summed E-state index contributed by atoms with van der Waals surface area (Å²) in [4.78, 5) is 38.4. The van der Waals surface area contributed by atoms with Gasteiger partial charge in [0.25, 0.3) is 11.8 Å².